The Morgan fingerprint density at radius 2 is 1.77 bits per heavy atom. The SMILES string of the molecule is Cl.NC1(c2ccccc2)CC(F)C1. The molecular formula is C10H13ClFN. The molecule has 1 aliphatic carbocycles. The Morgan fingerprint density at radius 1 is 1.23 bits per heavy atom. The molecule has 0 unspecified atom stereocenters. The summed E-state index contributed by atoms with van der Waals surface area (Å²) in [6.07, 6.45) is 0.240. The van der Waals surface area contributed by atoms with Gasteiger partial charge in [0.2, 0.25) is 0 Å². The highest BCUT2D eigenvalue weighted by atomic mass is 35.5. The predicted octanol–water partition coefficient (Wildman–Crippen LogP) is 2.39. The average Bonchev–Trinajstić information content (AvgIpc) is 2.04. The molecule has 0 saturated heterocycles. The van der Waals surface area contributed by atoms with Crippen molar-refractivity contribution in [2.75, 3.05) is 0 Å². The molecule has 1 nitrogen and oxygen atoms in total. The van der Waals surface area contributed by atoms with Crippen LogP contribution in [0, 0.1) is 0 Å². The van der Waals surface area contributed by atoms with Crippen molar-refractivity contribution < 1.29 is 4.39 Å². The maximum absolute atomic E-state index is 12.6. The van der Waals surface area contributed by atoms with Gasteiger partial charge in [-0.05, 0) is 5.56 Å². The molecule has 0 spiro atoms. The molecule has 1 saturated carbocycles. The minimum atomic E-state index is -0.699. The van der Waals surface area contributed by atoms with Crippen LogP contribution >= 0.6 is 12.4 Å². The van der Waals surface area contributed by atoms with Crippen LogP contribution in [-0.4, -0.2) is 6.17 Å². The molecule has 0 heterocycles. The Morgan fingerprint density at radius 3 is 2.23 bits per heavy atom. The highest BCUT2D eigenvalue weighted by Crippen LogP contribution is 2.40. The monoisotopic (exact) mass is 201 g/mol. The van der Waals surface area contributed by atoms with Gasteiger partial charge in [0.25, 0.3) is 0 Å². The Labute approximate surface area is 83.5 Å². The number of rotatable bonds is 1. The molecule has 0 aromatic heterocycles. The molecule has 1 fully saturated rings. The Balaban J connectivity index is 0.000000845. The minimum Gasteiger partial charge on any atom is -0.321 e. The van der Waals surface area contributed by atoms with E-state index in [1.54, 1.807) is 0 Å². The molecule has 1 aromatic rings. The molecule has 3 heteroatoms. The van der Waals surface area contributed by atoms with E-state index < -0.39 is 6.17 Å². The molecule has 1 aromatic carbocycles. The number of benzene rings is 1. The summed E-state index contributed by atoms with van der Waals surface area (Å²) in [6.45, 7) is 0. The van der Waals surface area contributed by atoms with Crippen LogP contribution in [0.4, 0.5) is 4.39 Å². The molecule has 13 heavy (non-hydrogen) atoms. The van der Waals surface area contributed by atoms with Crippen LogP contribution in [0.5, 0.6) is 0 Å². The summed E-state index contributed by atoms with van der Waals surface area (Å²) in [7, 11) is 0. The smallest absolute Gasteiger partial charge is 0.104 e. The highest BCUT2D eigenvalue weighted by Gasteiger charge is 2.42. The maximum Gasteiger partial charge on any atom is 0.104 e. The standard InChI is InChI=1S/C10H12FN.ClH/c11-9-6-10(12,7-9)8-4-2-1-3-5-8;/h1-5,9H,6-7,12H2;1H. The predicted molar refractivity (Wildman–Crippen MR) is 53.7 cm³/mol. The van der Waals surface area contributed by atoms with E-state index in [9.17, 15) is 4.39 Å². The van der Waals surface area contributed by atoms with Gasteiger partial charge in [0.15, 0.2) is 0 Å². The van der Waals surface area contributed by atoms with Gasteiger partial charge in [-0.2, -0.15) is 0 Å². The van der Waals surface area contributed by atoms with Crippen molar-refractivity contribution in [2.45, 2.75) is 24.6 Å². The van der Waals surface area contributed by atoms with E-state index in [1.807, 2.05) is 30.3 Å². The van der Waals surface area contributed by atoms with E-state index >= 15 is 0 Å². The summed E-state index contributed by atoms with van der Waals surface area (Å²) in [6, 6.07) is 9.75. The maximum atomic E-state index is 12.6. The fraction of sp³-hybridized carbons (Fsp3) is 0.400. The zero-order valence-electron chi connectivity index (χ0n) is 7.24. The van der Waals surface area contributed by atoms with Crippen LogP contribution in [0.25, 0.3) is 0 Å². The minimum absolute atomic E-state index is 0. The summed E-state index contributed by atoms with van der Waals surface area (Å²) in [4.78, 5) is 0. The van der Waals surface area contributed by atoms with E-state index in [2.05, 4.69) is 0 Å². The molecule has 0 amide bonds. The van der Waals surface area contributed by atoms with E-state index in [0.717, 1.165) is 5.56 Å². The van der Waals surface area contributed by atoms with Crippen molar-refractivity contribution in [3.8, 4) is 0 Å². The third-order valence-electron chi connectivity index (χ3n) is 2.52. The number of nitrogens with two attached hydrogens (primary N) is 1. The lowest BCUT2D eigenvalue weighted by Crippen LogP contribution is -2.50. The first-order valence-electron chi connectivity index (χ1n) is 4.19. The number of hydrogen-bond acceptors (Lipinski definition) is 1. The highest BCUT2D eigenvalue weighted by molar-refractivity contribution is 5.85. The van der Waals surface area contributed by atoms with Crippen LogP contribution in [-0.2, 0) is 5.54 Å². The molecule has 0 atom stereocenters. The summed E-state index contributed by atoms with van der Waals surface area (Å²) in [5.74, 6) is 0. The molecule has 0 bridgehead atoms. The van der Waals surface area contributed by atoms with Crippen molar-refractivity contribution in [3.05, 3.63) is 35.9 Å². The van der Waals surface area contributed by atoms with E-state index in [-0.39, 0.29) is 17.9 Å². The molecule has 2 N–H and O–H groups in total. The number of hydrogen-bond donors (Lipinski definition) is 1. The van der Waals surface area contributed by atoms with Gasteiger partial charge in [0.05, 0.1) is 0 Å². The zero-order valence-corrected chi connectivity index (χ0v) is 8.06. The van der Waals surface area contributed by atoms with Gasteiger partial charge in [-0.15, -0.1) is 12.4 Å². The van der Waals surface area contributed by atoms with Crippen LogP contribution in [0.1, 0.15) is 18.4 Å². The topological polar surface area (TPSA) is 26.0 Å². The molecule has 1 aliphatic rings. The van der Waals surface area contributed by atoms with Gasteiger partial charge in [-0.1, -0.05) is 30.3 Å². The third-order valence-corrected chi connectivity index (χ3v) is 2.52. The normalized spacial score (nSPS) is 31.7. The fourth-order valence-corrected chi connectivity index (χ4v) is 1.74. The lowest BCUT2D eigenvalue weighted by Gasteiger charge is -2.41. The van der Waals surface area contributed by atoms with E-state index in [4.69, 9.17) is 5.73 Å². The van der Waals surface area contributed by atoms with Gasteiger partial charge in [0, 0.05) is 18.4 Å². The second-order valence-electron chi connectivity index (χ2n) is 3.53. The van der Waals surface area contributed by atoms with Crippen LogP contribution in [0.2, 0.25) is 0 Å². The Kier molecular flexibility index (Phi) is 2.94. The van der Waals surface area contributed by atoms with Gasteiger partial charge in [-0.3, -0.25) is 0 Å². The Hall–Kier alpha value is -0.600. The van der Waals surface area contributed by atoms with Gasteiger partial charge < -0.3 is 5.73 Å². The number of halogens is 2. The lowest BCUT2D eigenvalue weighted by molar-refractivity contribution is 0.0985. The second kappa shape index (κ2) is 3.64. The van der Waals surface area contributed by atoms with Crippen molar-refractivity contribution in [3.63, 3.8) is 0 Å². The fourth-order valence-electron chi connectivity index (χ4n) is 1.74. The van der Waals surface area contributed by atoms with Gasteiger partial charge >= 0.3 is 0 Å². The van der Waals surface area contributed by atoms with Gasteiger partial charge in [-0.25, -0.2) is 4.39 Å². The van der Waals surface area contributed by atoms with Crippen LogP contribution in [0.15, 0.2) is 30.3 Å². The van der Waals surface area contributed by atoms with Crippen molar-refractivity contribution in [2.24, 2.45) is 5.73 Å². The van der Waals surface area contributed by atoms with Crippen molar-refractivity contribution in [1.29, 1.82) is 0 Å². The third kappa shape index (κ3) is 1.84. The van der Waals surface area contributed by atoms with Crippen molar-refractivity contribution >= 4 is 12.4 Å². The molecular weight excluding hydrogens is 189 g/mol. The lowest BCUT2D eigenvalue weighted by atomic mass is 9.71. The summed E-state index contributed by atoms with van der Waals surface area (Å²) in [5, 5.41) is 0. The molecule has 72 valence electrons. The Bertz CT molecular complexity index is 270. The quantitative estimate of drug-likeness (QED) is 0.742. The first kappa shape index (κ1) is 10.5. The van der Waals surface area contributed by atoms with E-state index in [0.29, 0.717) is 12.8 Å². The van der Waals surface area contributed by atoms with Crippen molar-refractivity contribution in [1.82, 2.24) is 0 Å². The second-order valence-corrected chi connectivity index (χ2v) is 3.53. The molecule has 2 rings (SSSR count). The summed E-state index contributed by atoms with van der Waals surface area (Å²) >= 11 is 0. The van der Waals surface area contributed by atoms with Crippen LogP contribution in [0.3, 0.4) is 0 Å². The average molecular weight is 202 g/mol. The number of alkyl halides is 1. The summed E-state index contributed by atoms with van der Waals surface area (Å²) < 4.78 is 12.6. The van der Waals surface area contributed by atoms with Crippen LogP contribution < -0.4 is 5.73 Å². The first-order valence-corrected chi connectivity index (χ1v) is 4.19. The zero-order chi connectivity index (χ0) is 8.60. The molecule has 0 radical (unpaired) electrons. The van der Waals surface area contributed by atoms with E-state index in [1.165, 1.54) is 0 Å². The first-order chi connectivity index (χ1) is 5.71. The van der Waals surface area contributed by atoms with Gasteiger partial charge in [0.1, 0.15) is 6.17 Å². The molecule has 0 aliphatic heterocycles. The summed E-state index contributed by atoms with van der Waals surface area (Å²) in [5.41, 5.74) is 6.64. The largest absolute Gasteiger partial charge is 0.321 e.